The molecule has 0 spiro atoms. The Morgan fingerprint density at radius 2 is 2.17 bits per heavy atom. The Hall–Kier alpha value is -0.0800. The Balaban J connectivity index is 1.73. The van der Waals surface area contributed by atoms with E-state index in [9.17, 15) is 0 Å². The first-order valence-electron chi connectivity index (χ1n) is 5.15. The molecule has 2 aliphatic rings. The maximum absolute atomic E-state index is 3.72. The number of nitrogens with one attached hydrogen (secondary N) is 2. The summed E-state index contributed by atoms with van der Waals surface area (Å²) in [7, 11) is 0. The highest BCUT2D eigenvalue weighted by Gasteiger charge is 2.46. The minimum Gasteiger partial charge on any atom is -0.315 e. The molecule has 2 N–H and O–H groups in total. The summed E-state index contributed by atoms with van der Waals surface area (Å²) in [5.41, 5.74) is 0.581. The van der Waals surface area contributed by atoms with Crippen molar-refractivity contribution in [3.05, 3.63) is 0 Å². The standard InChI is InChI=1S/C10H20N2/c1-10(2)6-9(10)12-8-4-3-5-11-7-8/h8-9,11-12H,3-7H2,1-2H3. The van der Waals surface area contributed by atoms with Gasteiger partial charge in [-0.15, -0.1) is 0 Å². The van der Waals surface area contributed by atoms with Gasteiger partial charge in [-0.2, -0.15) is 0 Å². The Labute approximate surface area is 75.1 Å². The van der Waals surface area contributed by atoms with E-state index in [1.165, 1.54) is 32.4 Å². The van der Waals surface area contributed by atoms with E-state index in [1.807, 2.05) is 0 Å². The Morgan fingerprint density at radius 3 is 2.67 bits per heavy atom. The third kappa shape index (κ3) is 1.80. The first-order chi connectivity index (χ1) is 5.68. The predicted octanol–water partition coefficient (Wildman–Crippen LogP) is 1.13. The van der Waals surface area contributed by atoms with Crippen LogP contribution in [0.4, 0.5) is 0 Å². The lowest BCUT2D eigenvalue weighted by Gasteiger charge is -2.24. The minimum atomic E-state index is 0.581. The Bertz CT molecular complexity index is 159. The number of hydrogen-bond donors (Lipinski definition) is 2. The summed E-state index contributed by atoms with van der Waals surface area (Å²) >= 11 is 0. The molecule has 2 heteroatoms. The predicted molar refractivity (Wildman–Crippen MR) is 51.2 cm³/mol. The van der Waals surface area contributed by atoms with E-state index in [0.717, 1.165) is 12.1 Å². The molecule has 2 unspecified atom stereocenters. The smallest absolute Gasteiger partial charge is 0.0195 e. The molecule has 1 heterocycles. The van der Waals surface area contributed by atoms with Gasteiger partial charge in [-0.25, -0.2) is 0 Å². The van der Waals surface area contributed by atoms with E-state index < -0.39 is 0 Å². The lowest BCUT2D eigenvalue weighted by Crippen LogP contribution is -2.44. The molecule has 2 nitrogen and oxygen atoms in total. The number of rotatable bonds is 2. The van der Waals surface area contributed by atoms with Gasteiger partial charge in [0.1, 0.15) is 0 Å². The lowest BCUT2D eigenvalue weighted by molar-refractivity contribution is 0.370. The van der Waals surface area contributed by atoms with Gasteiger partial charge in [0.15, 0.2) is 0 Å². The summed E-state index contributed by atoms with van der Waals surface area (Å²) in [6.07, 6.45) is 4.06. The molecule has 1 aliphatic carbocycles. The molecule has 0 aromatic rings. The van der Waals surface area contributed by atoms with Crippen LogP contribution >= 0.6 is 0 Å². The molecule has 12 heavy (non-hydrogen) atoms. The van der Waals surface area contributed by atoms with Crippen molar-refractivity contribution in [2.75, 3.05) is 13.1 Å². The highest BCUT2D eigenvalue weighted by atomic mass is 15.1. The molecule has 2 atom stereocenters. The van der Waals surface area contributed by atoms with E-state index in [0.29, 0.717) is 5.41 Å². The first-order valence-corrected chi connectivity index (χ1v) is 5.15. The van der Waals surface area contributed by atoms with Crippen LogP contribution in [-0.2, 0) is 0 Å². The fourth-order valence-electron chi connectivity index (χ4n) is 2.03. The van der Waals surface area contributed by atoms with Crippen molar-refractivity contribution in [3.8, 4) is 0 Å². The van der Waals surface area contributed by atoms with Crippen molar-refractivity contribution in [2.45, 2.75) is 45.2 Å². The molecule has 0 aromatic carbocycles. The van der Waals surface area contributed by atoms with Crippen LogP contribution in [0, 0.1) is 5.41 Å². The summed E-state index contributed by atoms with van der Waals surface area (Å²) in [4.78, 5) is 0. The van der Waals surface area contributed by atoms with Gasteiger partial charge in [-0.1, -0.05) is 13.8 Å². The second kappa shape index (κ2) is 3.00. The molecule has 0 radical (unpaired) electrons. The first kappa shape index (κ1) is 8.52. The van der Waals surface area contributed by atoms with Crippen LogP contribution in [-0.4, -0.2) is 25.2 Å². The molecular formula is C10H20N2. The number of piperidine rings is 1. The summed E-state index contributed by atoms with van der Waals surface area (Å²) in [5, 5.41) is 7.15. The average molecular weight is 168 g/mol. The average Bonchev–Trinajstić information content (AvgIpc) is 2.61. The van der Waals surface area contributed by atoms with Crippen LogP contribution in [0.2, 0.25) is 0 Å². The van der Waals surface area contributed by atoms with Crippen LogP contribution in [0.1, 0.15) is 33.1 Å². The Morgan fingerprint density at radius 1 is 1.42 bits per heavy atom. The molecule has 2 fully saturated rings. The summed E-state index contributed by atoms with van der Waals surface area (Å²) < 4.78 is 0. The summed E-state index contributed by atoms with van der Waals surface area (Å²) in [6, 6.07) is 1.54. The van der Waals surface area contributed by atoms with E-state index in [2.05, 4.69) is 24.5 Å². The maximum atomic E-state index is 3.72. The van der Waals surface area contributed by atoms with Crippen LogP contribution in [0.15, 0.2) is 0 Å². The van der Waals surface area contributed by atoms with Gasteiger partial charge < -0.3 is 10.6 Å². The van der Waals surface area contributed by atoms with Crippen molar-refractivity contribution in [2.24, 2.45) is 5.41 Å². The summed E-state index contributed by atoms with van der Waals surface area (Å²) in [6.45, 7) is 7.08. The third-order valence-electron chi connectivity index (χ3n) is 3.25. The highest BCUT2D eigenvalue weighted by Crippen LogP contribution is 2.44. The van der Waals surface area contributed by atoms with Gasteiger partial charge >= 0.3 is 0 Å². The zero-order valence-electron chi connectivity index (χ0n) is 8.19. The van der Waals surface area contributed by atoms with Gasteiger partial charge in [-0.05, 0) is 31.2 Å². The largest absolute Gasteiger partial charge is 0.315 e. The molecule has 1 saturated heterocycles. The molecular weight excluding hydrogens is 148 g/mol. The van der Waals surface area contributed by atoms with Crippen molar-refractivity contribution in [1.82, 2.24) is 10.6 Å². The topological polar surface area (TPSA) is 24.1 Å². The molecule has 1 aliphatic heterocycles. The van der Waals surface area contributed by atoms with E-state index in [4.69, 9.17) is 0 Å². The summed E-state index contributed by atoms with van der Waals surface area (Å²) in [5.74, 6) is 0. The van der Waals surface area contributed by atoms with Crippen LogP contribution in [0.25, 0.3) is 0 Å². The molecule has 0 amide bonds. The fourth-order valence-corrected chi connectivity index (χ4v) is 2.03. The molecule has 1 saturated carbocycles. The second-order valence-corrected chi connectivity index (χ2v) is 4.96. The lowest BCUT2D eigenvalue weighted by atomic mass is 10.1. The van der Waals surface area contributed by atoms with E-state index in [-0.39, 0.29) is 0 Å². The van der Waals surface area contributed by atoms with Gasteiger partial charge in [0.05, 0.1) is 0 Å². The van der Waals surface area contributed by atoms with Crippen LogP contribution < -0.4 is 10.6 Å². The molecule has 70 valence electrons. The third-order valence-corrected chi connectivity index (χ3v) is 3.25. The minimum absolute atomic E-state index is 0.581. The van der Waals surface area contributed by atoms with Crippen molar-refractivity contribution in [3.63, 3.8) is 0 Å². The van der Waals surface area contributed by atoms with Gasteiger partial charge in [0, 0.05) is 18.6 Å². The van der Waals surface area contributed by atoms with Gasteiger partial charge in [-0.3, -0.25) is 0 Å². The van der Waals surface area contributed by atoms with Crippen molar-refractivity contribution in [1.29, 1.82) is 0 Å². The Kier molecular flexibility index (Phi) is 2.13. The zero-order valence-corrected chi connectivity index (χ0v) is 8.19. The van der Waals surface area contributed by atoms with Gasteiger partial charge in [0.2, 0.25) is 0 Å². The van der Waals surface area contributed by atoms with E-state index >= 15 is 0 Å². The SMILES string of the molecule is CC1(C)CC1NC1CCCNC1. The monoisotopic (exact) mass is 168 g/mol. The van der Waals surface area contributed by atoms with E-state index in [1.54, 1.807) is 0 Å². The van der Waals surface area contributed by atoms with Crippen molar-refractivity contribution < 1.29 is 0 Å². The highest BCUT2D eigenvalue weighted by molar-refractivity contribution is 5.03. The molecule has 2 rings (SSSR count). The van der Waals surface area contributed by atoms with Crippen LogP contribution in [0.5, 0.6) is 0 Å². The fraction of sp³-hybridized carbons (Fsp3) is 1.00. The second-order valence-electron chi connectivity index (χ2n) is 4.96. The number of hydrogen-bond acceptors (Lipinski definition) is 2. The maximum Gasteiger partial charge on any atom is 0.0195 e. The zero-order chi connectivity index (χ0) is 8.60. The molecule has 0 bridgehead atoms. The van der Waals surface area contributed by atoms with Crippen molar-refractivity contribution >= 4 is 0 Å². The van der Waals surface area contributed by atoms with Crippen LogP contribution in [0.3, 0.4) is 0 Å². The molecule has 0 aromatic heterocycles. The quantitative estimate of drug-likeness (QED) is 0.646. The van der Waals surface area contributed by atoms with Gasteiger partial charge in [0.25, 0.3) is 0 Å². The normalized spacial score (nSPS) is 39.5.